The lowest BCUT2D eigenvalue weighted by Crippen LogP contribution is -2.48. The maximum atomic E-state index is 12.2. The molecule has 0 saturated carbocycles. The van der Waals surface area contributed by atoms with Crippen LogP contribution >= 0.6 is 0 Å². The summed E-state index contributed by atoms with van der Waals surface area (Å²) in [6.07, 6.45) is 6.50. The van der Waals surface area contributed by atoms with Gasteiger partial charge in [0.05, 0.1) is 5.56 Å². The number of hydrogen-bond acceptors (Lipinski definition) is 4. The average molecular weight is 339 g/mol. The van der Waals surface area contributed by atoms with Crippen molar-refractivity contribution in [2.75, 3.05) is 6.61 Å². The Hall–Kier alpha value is -2.62. The topological polar surface area (TPSA) is 64.6 Å². The number of esters is 1. The van der Waals surface area contributed by atoms with Gasteiger partial charge in [0.25, 0.3) is 5.91 Å². The number of carbonyl (C=O) groups excluding carboxylic acids is 2. The van der Waals surface area contributed by atoms with Gasteiger partial charge < -0.3 is 14.8 Å². The van der Waals surface area contributed by atoms with Crippen LogP contribution < -0.4 is 10.1 Å². The summed E-state index contributed by atoms with van der Waals surface area (Å²) in [6, 6.07) is 5.12. The van der Waals surface area contributed by atoms with E-state index in [0.717, 1.165) is 6.07 Å². The highest BCUT2D eigenvalue weighted by Gasteiger charge is 2.25. The number of ether oxygens (including phenoxy) is 2. The molecule has 0 unspecified atom stereocenters. The summed E-state index contributed by atoms with van der Waals surface area (Å²) in [6.45, 7) is 0.151. The number of terminal acetylenes is 1. The fourth-order valence-electron chi connectivity index (χ4n) is 1.98. The summed E-state index contributed by atoms with van der Waals surface area (Å²) in [4.78, 5) is 23.8. The predicted octanol–water partition coefficient (Wildman–Crippen LogP) is 2.75. The molecule has 0 heterocycles. The molecule has 1 amide bonds. The van der Waals surface area contributed by atoms with Gasteiger partial charge in [-0.1, -0.05) is 25.8 Å². The normalized spacial score (nSPS) is 10.8. The lowest BCUT2D eigenvalue weighted by molar-refractivity contribution is -0.125. The van der Waals surface area contributed by atoms with E-state index in [2.05, 4.69) is 16.0 Å². The van der Waals surface area contributed by atoms with Crippen LogP contribution in [0.15, 0.2) is 24.3 Å². The molecule has 7 heteroatoms. The Labute approximate surface area is 139 Å². The van der Waals surface area contributed by atoms with Gasteiger partial charge in [0.2, 0.25) is 0 Å². The van der Waals surface area contributed by atoms with Crippen molar-refractivity contribution in [1.82, 2.24) is 5.32 Å². The highest BCUT2D eigenvalue weighted by Crippen LogP contribution is 2.17. The zero-order chi connectivity index (χ0) is 18.2. The molecule has 0 atom stereocenters. The van der Waals surface area contributed by atoms with E-state index in [4.69, 9.17) is 11.2 Å². The van der Waals surface area contributed by atoms with E-state index in [0.29, 0.717) is 12.8 Å². The van der Waals surface area contributed by atoms with Gasteiger partial charge in [0.1, 0.15) is 11.3 Å². The Morgan fingerprint density at radius 3 is 2.54 bits per heavy atom. The zero-order valence-corrected chi connectivity index (χ0v) is 13.5. The number of amides is 1. The minimum atomic E-state index is -3.00. The molecule has 24 heavy (non-hydrogen) atoms. The second kappa shape index (κ2) is 8.87. The minimum Gasteiger partial charge on any atom is -0.452 e. The van der Waals surface area contributed by atoms with Crippen LogP contribution in [0, 0.1) is 12.3 Å². The maximum Gasteiger partial charge on any atom is 0.387 e. The zero-order valence-electron chi connectivity index (χ0n) is 13.5. The Morgan fingerprint density at radius 1 is 1.33 bits per heavy atom. The molecule has 0 aliphatic rings. The molecule has 130 valence electrons. The highest BCUT2D eigenvalue weighted by atomic mass is 19.3. The van der Waals surface area contributed by atoms with Crippen molar-refractivity contribution in [1.29, 1.82) is 0 Å². The third-order valence-corrected chi connectivity index (χ3v) is 3.49. The van der Waals surface area contributed by atoms with E-state index >= 15 is 0 Å². The Morgan fingerprint density at radius 2 is 2.00 bits per heavy atom. The van der Waals surface area contributed by atoms with Gasteiger partial charge in [-0.15, -0.1) is 6.42 Å². The predicted molar refractivity (Wildman–Crippen MR) is 83.6 cm³/mol. The van der Waals surface area contributed by atoms with Crippen molar-refractivity contribution in [3.63, 3.8) is 0 Å². The molecule has 1 aromatic rings. The first-order valence-corrected chi connectivity index (χ1v) is 7.36. The molecule has 0 spiro atoms. The van der Waals surface area contributed by atoms with Crippen LogP contribution in [0.1, 0.15) is 37.0 Å². The molecule has 0 fully saturated rings. The lowest BCUT2D eigenvalue weighted by atomic mass is 9.94. The molecule has 1 N–H and O–H groups in total. The van der Waals surface area contributed by atoms with Gasteiger partial charge >= 0.3 is 12.6 Å². The molecule has 0 aliphatic carbocycles. The van der Waals surface area contributed by atoms with Gasteiger partial charge in [-0.25, -0.2) is 4.79 Å². The van der Waals surface area contributed by atoms with E-state index in [-0.39, 0.29) is 11.3 Å². The van der Waals surface area contributed by atoms with Gasteiger partial charge in [-0.2, -0.15) is 8.78 Å². The van der Waals surface area contributed by atoms with Crippen molar-refractivity contribution in [2.45, 2.75) is 38.8 Å². The molecule has 1 rings (SSSR count). The van der Waals surface area contributed by atoms with Crippen molar-refractivity contribution >= 4 is 11.9 Å². The van der Waals surface area contributed by atoms with Crippen LogP contribution in [0.5, 0.6) is 5.75 Å². The quantitative estimate of drug-likeness (QED) is 0.584. The molecule has 0 saturated heterocycles. The molecule has 5 nitrogen and oxygen atoms in total. The van der Waals surface area contributed by atoms with E-state index in [1.807, 2.05) is 13.8 Å². The van der Waals surface area contributed by atoms with Crippen LogP contribution in [-0.2, 0) is 9.53 Å². The monoisotopic (exact) mass is 339 g/mol. The van der Waals surface area contributed by atoms with E-state index in [9.17, 15) is 18.4 Å². The summed E-state index contributed by atoms with van der Waals surface area (Å²) in [5.41, 5.74) is -0.788. The standard InChI is InChI=1S/C17H19F2NO4/c1-4-17(5-2,6-3)20-14(21)11-23-15(22)12-8-7-9-13(10-12)24-16(18)19/h1,7-10,16H,5-6,11H2,2-3H3,(H,20,21). The third kappa shape index (κ3) is 5.54. The molecular weight excluding hydrogens is 320 g/mol. The number of carbonyl (C=O) groups is 2. The number of rotatable bonds is 8. The van der Waals surface area contributed by atoms with Gasteiger partial charge in [0, 0.05) is 0 Å². The Balaban J connectivity index is 2.63. The smallest absolute Gasteiger partial charge is 0.387 e. The fourth-order valence-corrected chi connectivity index (χ4v) is 1.98. The van der Waals surface area contributed by atoms with Crippen LogP contribution in [0.3, 0.4) is 0 Å². The Bertz CT molecular complexity index is 621. The molecular formula is C17H19F2NO4. The van der Waals surface area contributed by atoms with Crippen molar-refractivity contribution in [3.8, 4) is 18.1 Å². The van der Waals surface area contributed by atoms with Crippen LogP contribution in [0.2, 0.25) is 0 Å². The van der Waals surface area contributed by atoms with Gasteiger partial charge in [-0.3, -0.25) is 4.79 Å². The largest absolute Gasteiger partial charge is 0.452 e. The second-order valence-corrected chi connectivity index (χ2v) is 4.96. The van der Waals surface area contributed by atoms with Crippen LogP contribution in [-0.4, -0.2) is 30.6 Å². The number of halogens is 2. The van der Waals surface area contributed by atoms with Crippen LogP contribution in [0.25, 0.3) is 0 Å². The summed E-state index contributed by atoms with van der Waals surface area (Å²) in [7, 11) is 0. The first-order valence-electron chi connectivity index (χ1n) is 7.36. The molecule has 0 radical (unpaired) electrons. The SMILES string of the molecule is C#CC(CC)(CC)NC(=O)COC(=O)c1cccc(OC(F)F)c1. The lowest BCUT2D eigenvalue weighted by Gasteiger charge is -2.26. The number of hydrogen-bond donors (Lipinski definition) is 1. The Kier molecular flexibility index (Phi) is 7.18. The van der Waals surface area contributed by atoms with Gasteiger partial charge in [0.15, 0.2) is 6.61 Å². The first kappa shape index (κ1) is 19.4. The summed E-state index contributed by atoms with van der Waals surface area (Å²) in [5, 5.41) is 2.65. The number of alkyl halides is 2. The van der Waals surface area contributed by atoms with E-state index in [1.54, 1.807) is 0 Å². The molecule has 0 aromatic heterocycles. The highest BCUT2D eigenvalue weighted by molar-refractivity contribution is 5.91. The van der Waals surface area contributed by atoms with Crippen LogP contribution in [0.4, 0.5) is 8.78 Å². The maximum absolute atomic E-state index is 12.2. The van der Waals surface area contributed by atoms with E-state index in [1.165, 1.54) is 18.2 Å². The van der Waals surface area contributed by atoms with E-state index < -0.39 is 30.6 Å². The van der Waals surface area contributed by atoms with Gasteiger partial charge in [-0.05, 0) is 31.0 Å². The van der Waals surface area contributed by atoms with Crippen molar-refractivity contribution in [2.24, 2.45) is 0 Å². The minimum absolute atomic E-state index is 0.00449. The van der Waals surface area contributed by atoms with Crippen molar-refractivity contribution < 1.29 is 27.8 Å². The summed E-state index contributed by atoms with van der Waals surface area (Å²) >= 11 is 0. The van der Waals surface area contributed by atoms with Crippen molar-refractivity contribution in [3.05, 3.63) is 29.8 Å². The molecule has 0 aliphatic heterocycles. The molecule has 0 bridgehead atoms. The second-order valence-electron chi connectivity index (χ2n) is 4.96. The number of benzene rings is 1. The third-order valence-electron chi connectivity index (χ3n) is 3.49. The first-order chi connectivity index (χ1) is 11.4. The fraction of sp³-hybridized carbons (Fsp3) is 0.412. The number of nitrogens with one attached hydrogen (secondary N) is 1. The summed E-state index contributed by atoms with van der Waals surface area (Å²) < 4.78 is 33.4. The summed E-state index contributed by atoms with van der Waals surface area (Å²) in [5.74, 6) is 0.990. The molecule has 1 aromatic carbocycles. The average Bonchev–Trinajstić information content (AvgIpc) is 2.57.